The van der Waals surface area contributed by atoms with E-state index in [-0.39, 0.29) is 12.0 Å². The van der Waals surface area contributed by atoms with Crippen LogP contribution in [0.25, 0.3) is 0 Å². The Kier molecular flexibility index (Phi) is 4.50. The molecule has 1 aromatic rings. The molecule has 3 heterocycles. The molecule has 2 saturated heterocycles. The van der Waals surface area contributed by atoms with Gasteiger partial charge in [-0.1, -0.05) is 5.16 Å². The summed E-state index contributed by atoms with van der Waals surface area (Å²) in [4.78, 5) is 20.0. The lowest BCUT2D eigenvalue weighted by atomic mass is 10.2. The van der Waals surface area contributed by atoms with Crippen LogP contribution < -0.4 is 0 Å². The first-order valence-corrected chi connectivity index (χ1v) is 7.64. The van der Waals surface area contributed by atoms with E-state index in [0.717, 1.165) is 52.0 Å². The summed E-state index contributed by atoms with van der Waals surface area (Å²) in [6.45, 7) is 6.47. The lowest BCUT2D eigenvalue weighted by Gasteiger charge is -2.19. The molecular formula is C14H22N4O3. The Hall–Kier alpha value is -1.47. The van der Waals surface area contributed by atoms with E-state index in [1.165, 1.54) is 0 Å². The first kappa shape index (κ1) is 14.5. The van der Waals surface area contributed by atoms with Gasteiger partial charge in [0.25, 0.3) is 5.89 Å². The number of hydrogen-bond acceptors (Lipinski definition) is 6. The van der Waals surface area contributed by atoms with Gasteiger partial charge in [-0.05, 0) is 19.3 Å². The minimum atomic E-state index is -0.0245. The summed E-state index contributed by atoms with van der Waals surface area (Å²) in [5, 5.41) is 4.05. The summed E-state index contributed by atoms with van der Waals surface area (Å²) < 4.78 is 10.9. The minimum Gasteiger partial charge on any atom is -0.368 e. The molecule has 1 amide bonds. The molecule has 1 atom stereocenters. The summed E-state index contributed by atoms with van der Waals surface area (Å²) >= 11 is 0. The van der Waals surface area contributed by atoms with Crippen molar-refractivity contribution < 1.29 is 14.1 Å². The van der Waals surface area contributed by atoms with Gasteiger partial charge in [-0.25, -0.2) is 0 Å². The predicted molar refractivity (Wildman–Crippen MR) is 74.4 cm³/mol. The van der Waals surface area contributed by atoms with Crippen molar-refractivity contribution in [1.29, 1.82) is 0 Å². The fraction of sp³-hybridized carbons (Fsp3) is 0.786. The van der Waals surface area contributed by atoms with Gasteiger partial charge >= 0.3 is 0 Å². The second kappa shape index (κ2) is 6.53. The largest absolute Gasteiger partial charge is 0.368 e. The molecule has 7 heteroatoms. The number of amides is 1. The van der Waals surface area contributed by atoms with Gasteiger partial charge in [0.15, 0.2) is 5.82 Å². The van der Waals surface area contributed by atoms with Crippen molar-refractivity contribution in [2.75, 3.05) is 32.8 Å². The van der Waals surface area contributed by atoms with Crippen LogP contribution in [0, 0.1) is 0 Å². The lowest BCUT2D eigenvalue weighted by Crippen LogP contribution is -2.33. The summed E-state index contributed by atoms with van der Waals surface area (Å²) in [6.07, 6.45) is 2.97. The van der Waals surface area contributed by atoms with E-state index in [1.54, 1.807) is 6.92 Å². The zero-order chi connectivity index (χ0) is 14.7. The Morgan fingerprint density at radius 2 is 2.19 bits per heavy atom. The molecule has 0 radical (unpaired) electrons. The van der Waals surface area contributed by atoms with E-state index in [0.29, 0.717) is 18.3 Å². The molecule has 0 N–H and O–H groups in total. The lowest BCUT2D eigenvalue weighted by molar-refractivity contribution is -0.128. The highest BCUT2D eigenvalue weighted by Crippen LogP contribution is 2.27. The van der Waals surface area contributed by atoms with E-state index >= 15 is 0 Å². The highest BCUT2D eigenvalue weighted by Gasteiger charge is 2.24. The van der Waals surface area contributed by atoms with Crippen LogP contribution in [0.3, 0.4) is 0 Å². The number of aromatic nitrogens is 2. The summed E-state index contributed by atoms with van der Waals surface area (Å²) in [5.41, 5.74) is 0. The number of ether oxygens (including phenoxy) is 1. The maximum absolute atomic E-state index is 11.4. The normalized spacial score (nSPS) is 24.2. The Morgan fingerprint density at radius 1 is 1.29 bits per heavy atom. The van der Waals surface area contributed by atoms with Gasteiger partial charge < -0.3 is 14.2 Å². The first-order valence-electron chi connectivity index (χ1n) is 7.64. The number of rotatable bonds is 3. The van der Waals surface area contributed by atoms with Crippen LogP contribution >= 0.6 is 0 Å². The van der Waals surface area contributed by atoms with Crippen molar-refractivity contribution >= 4 is 5.91 Å². The Bertz CT molecular complexity index is 484. The van der Waals surface area contributed by atoms with Gasteiger partial charge in [-0.3, -0.25) is 9.69 Å². The second-order valence-electron chi connectivity index (χ2n) is 5.69. The van der Waals surface area contributed by atoms with Crippen molar-refractivity contribution in [2.24, 2.45) is 0 Å². The Morgan fingerprint density at radius 3 is 2.95 bits per heavy atom. The predicted octanol–water partition coefficient (Wildman–Crippen LogP) is 0.975. The third-order valence-electron chi connectivity index (χ3n) is 4.09. The van der Waals surface area contributed by atoms with Gasteiger partial charge in [0, 0.05) is 39.7 Å². The van der Waals surface area contributed by atoms with Crippen molar-refractivity contribution in [3.05, 3.63) is 11.7 Å². The maximum atomic E-state index is 11.4. The van der Waals surface area contributed by atoms with E-state index in [9.17, 15) is 4.79 Å². The van der Waals surface area contributed by atoms with E-state index in [4.69, 9.17) is 9.26 Å². The smallest absolute Gasteiger partial charge is 0.255 e. The van der Waals surface area contributed by atoms with Crippen LogP contribution in [0.2, 0.25) is 0 Å². The van der Waals surface area contributed by atoms with Crippen LogP contribution in [0.4, 0.5) is 0 Å². The fourth-order valence-electron chi connectivity index (χ4n) is 2.88. The molecule has 7 nitrogen and oxygen atoms in total. The van der Waals surface area contributed by atoms with Crippen LogP contribution in [0.15, 0.2) is 4.52 Å². The average Bonchev–Trinajstić information content (AvgIpc) is 3.07. The summed E-state index contributed by atoms with van der Waals surface area (Å²) in [5.74, 6) is 1.46. The zero-order valence-electron chi connectivity index (χ0n) is 12.5. The van der Waals surface area contributed by atoms with Crippen LogP contribution in [-0.4, -0.2) is 58.6 Å². The topological polar surface area (TPSA) is 71.7 Å². The minimum absolute atomic E-state index is 0.0245. The van der Waals surface area contributed by atoms with Gasteiger partial charge in [-0.2, -0.15) is 4.98 Å². The fourth-order valence-corrected chi connectivity index (χ4v) is 2.88. The highest BCUT2D eigenvalue weighted by molar-refractivity contribution is 5.73. The van der Waals surface area contributed by atoms with Crippen LogP contribution in [0.1, 0.15) is 44.0 Å². The van der Waals surface area contributed by atoms with E-state index in [2.05, 4.69) is 15.0 Å². The number of carbonyl (C=O) groups is 1. The first-order chi connectivity index (χ1) is 10.2. The van der Waals surface area contributed by atoms with Crippen molar-refractivity contribution in [1.82, 2.24) is 19.9 Å². The van der Waals surface area contributed by atoms with Gasteiger partial charge in [-0.15, -0.1) is 0 Å². The third kappa shape index (κ3) is 3.59. The SMILES string of the molecule is CC(=O)N1CCCN(Cc2noc([C@H]3CCCO3)n2)CC1. The molecular weight excluding hydrogens is 272 g/mol. The Balaban J connectivity index is 1.55. The number of hydrogen-bond donors (Lipinski definition) is 0. The molecule has 1 aromatic heterocycles. The van der Waals surface area contributed by atoms with Crippen molar-refractivity contribution in [2.45, 2.75) is 38.8 Å². The van der Waals surface area contributed by atoms with Gasteiger partial charge in [0.05, 0.1) is 6.54 Å². The molecule has 3 rings (SSSR count). The average molecular weight is 294 g/mol. The van der Waals surface area contributed by atoms with Crippen LogP contribution in [0.5, 0.6) is 0 Å². The van der Waals surface area contributed by atoms with Gasteiger partial charge in [0.1, 0.15) is 6.10 Å². The maximum Gasteiger partial charge on any atom is 0.255 e. The van der Waals surface area contributed by atoms with Crippen LogP contribution in [-0.2, 0) is 16.1 Å². The van der Waals surface area contributed by atoms with E-state index < -0.39 is 0 Å². The highest BCUT2D eigenvalue weighted by atomic mass is 16.5. The molecule has 116 valence electrons. The zero-order valence-corrected chi connectivity index (χ0v) is 12.5. The van der Waals surface area contributed by atoms with Crippen molar-refractivity contribution in [3.63, 3.8) is 0 Å². The molecule has 0 spiro atoms. The number of nitrogens with zero attached hydrogens (tertiary/aromatic N) is 4. The molecule has 2 aliphatic heterocycles. The Labute approximate surface area is 124 Å². The monoisotopic (exact) mass is 294 g/mol. The standard InChI is InChI=1S/C14H22N4O3/c1-11(19)18-6-3-5-17(7-8-18)10-13-15-14(21-16-13)12-4-2-9-20-12/h12H,2-10H2,1H3/t12-/m1/s1. The van der Waals surface area contributed by atoms with Gasteiger partial charge in [0.2, 0.25) is 5.91 Å². The molecule has 0 aromatic carbocycles. The van der Waals surface area contributed by atoms with E-state index in [1.807, 2.05) is 4.90 Å². The molecule has 0 bridgehead atoms. The number of carbonyl (C=O) groups excluding carboxylic acids is 1. The molecule has 0 unspecified atom stereocenters. The van der Waals surface area contributed by atoms with Crippen molar-refractivity contribution in [3.8, 4) is 0 Å². The third-order valence-corrected chi connectivity index (χ3v) is 4.09. The molecule has 0 aliphatic carbocycles. The quantitative estimate of drug-likeness (QED) is 0.827. The molecule has 0 saturated carbocycles. The second-order valence-corrected chi connectivity index (χ2v) is 5.69. The molecule has 2 aliphatic rings. The summed E-state index contributed by atoms with van der Waals surface area (Å²) in [6, 6.07) is 0. The molecule has 21 heavy (non-hydrogen) atoms. The molecule has 2 fully saturated rings. The summed E-state index contributed by atoms with van der Waals surface area (Å²) in [7, 11) is 0.